The van der Waals surface area contributed by atoms with Crippen molar-refractivity contribution in [2.75, 3.05) is 0 Å². The van der Waals surface area contributed by atoms with E-state index in [4.69, 9.17) is 0 Å². The molecule has 11 heavy (non-hydrogen) atoms. The largest absolute Gasteiger partial charge is 0.256 e. The van der Waals surface area contributed by atoms with E-state index in [1.54, 1.807) is 0 Å². The summed E-state index contributed by atoms with van der Waals surface area (Å²) in [5.74, 6) is 0. The van der Waals surface area contributed by atoms with E-state index in [2.05, 4.69) is 17.1 Å². The maximum absolute atomic E-state index is 4.18. The molecule has 1 heterocycles. The van der Waals surface area contributed by atoms with Crippen molar-refractivity contribution < 1.29 is 1.43 Å². The van der Waals surface area contributed by atoms with Gasteiger partial charge in [-0.2, -0.15) is 0 Å². The number of aromatic nitrogens is 1. The van der Waals surface area contributed by atoms with Gasteiger partial charge in [-0.15, -0.1) is 0 Å². The molecular weight excluding hydrogens is 145 g/mol. The first-order valence-electron chi connectivity index (χ1n) is 3.26. The summed E-state index contributed by atoms with van der Waals surface area (Å²) in [6.45, 7) is 0. The summed E-state index contributed by atoms with van der Waals surface area (Å²) in [5.41, 5.74) is 1.06. The Labute approximate surface area is 89.2 Å². The second kappa shape index (κ2) is 3.86. The number of fused-ring (bicyclic) bond motifs is 1. The zero-order valence-corrected chi connectivity index (χ0v) is 5.49. The minimum absolute atomic E-state index is 0. The van der Waals surface area contributed by atoms with Gasteiger partial charge < -0.3 is 0 Å². The third kappa shape index (κ3) is 1.80. The number of nitrogens with zero attached hydrogens (tertiary/aromatic N) is 1. The minimum atomic E-state index is 0. The van der Waals surface area contributed by atoms with Gasteiger partial charge in [0.2, 0.25) is 0 Å². The predicted octanol–water partition coefficient (Wildman–Crippen LogP) is 1.70. The Morgan fingerprint density at radius 1 is 1.00 bits per heavy atom. The minimum Gasteiger partial charge on any atom is -0.256 e. The second-order valence-electron chi connectivity index (χ2n) is 2.20. The van der Waals surface area contributed by atoms with Crippen LogP contribution in [0.1, 0.15) is 1.43 Å². The quantitative estimate of drug-likeness (QED) is 0.526. The first kappa shape index (κ1) is 8.72. The summed E-state index contributed by atoms with van der Waals surface area (Å²) < 4.78 is 0. The Morgan fingerprint density at radius 3 is 2.55 bits per heavy atom. The average molecular weight is 154 g/mol. The standard InChI is InChI=1S/C9H7N.Na.H/c1-2-6-9-8(4-1)5-3-7-10-9;;/h1-7H;;/p+1. The predicted molar refractivity (Wildman–Crippen MR) is 50.0 cm³/mol. The van der Waals surface area contributed by atoms with E-state index >= 15 is 0 Å². The first-order valence-corrected chi connectivity index (χ1v) is 3.26. The molecule has 50 valence electrons. The Morgan fingerprint density at radius 2 is 1.73 bits per heavy atom. The van der Waals surface area contributed by atoms with Crippen molar-refractivity contribution >= 4 is 40.5 Å². The van der Waals surface area contributed by atoms with Crippen LogP contribution in [-0.2, 0) is 0 Å². The smallest absolute Gasteiger partial charge is 0.0701 e. The van der Waals surface area contributed by atoms with Crippen LogP contribution in [0.5, 0.6) is 0 Å². The van der Waals surface area contributed by atoms with E-state index in [-0.39, 0.29) is 31.0 Å². The second-order valence-corrected chi connectivity index (χ2v) is 2.20. The van der Waals surface area contributed by atoms with Crippen LogP contribution >= 0.6 is 0 Å². The summed E-state index contributed by atoms with van der Waals surface area (Å²) in [6.07, 6.45) is 1.81. The summed E-state index contributed by atoms with van der Waals surface area (Å²) >= 11 is 0. The number of para-hydroxylation sites is 1. The number of rotatable bonds is 0. The Kier molecular flexibility index (Phi) is 3.06. The molecule has 1 nitrogen and oxygen atoms in total. The fraction of sp³-hybridized carbons (Fsp3) is 0. The molecule has 0 aliphatic heterocycles. The molecule has 0 amide bonds. The molecule has 0 N–H and O–H groups in total. The molecule has 0 radical (unpaired) electrons. The van der Waals surface area contributed by atoms with Crippen molar-refractivity contribution in [3.8, 4) is 0 Å². The molecule has 0 saturated heterocycles. The van der Waals surface area contributed by atoms with Gasteiger partial charge in [-0.3, -0.25) is 4.98 Å². The number of hydrogen-bond acceptors (Lipinski definition) is 1. The van der Waals surface area contributed by atoms with E-state index in [1.807, 2.05) is 30.5 Å². The molecule has 0 aliphatic rings. The van der Waals surface area contributed by atoms with Gasteiger partial charge >= 0.3 is 31.0 Å². The fourth-order valence-electron chi connectivity index (χ4n) is 1.02. The fourth-order valence-corrected chi connectivity index (χ4v) is 1.02. The molecule has 0 unspecified atom stereocenters. The van der Waals surface area contributed by atoms with Crippen molar-refractivity contribution in [1.82, 2.24) is 4.98 Å². The molecule has 0 bridgehead atoms. The van der Waals surface area contributed by atoms with Crippen LogP contribution < -0.4 is 0 Å². The SMILES string of the molecule is [H+].[NaH].c1ccc2ncccc2c1. The van der Waals surface area contributed by atoms with Gasteiger partial charge in [-0.25, -0.2) is 0 Å². The first-order chi connectivity index (χ1) is 4.97. The van der Waals surface area contributed by atoms with Gasteiger partial charge in [-0.05, 0) is 12.1 Å². The topological polar surface area (TPSA) is 12.9 Å². The van der Waals surface area contributed by atoms with Crippen molar-refractivity contribution in [2.24, 2.45) is 0 Å². The number of benzene rings is 1. The third-order valence-corrected chi connectivity index (χ3v) is 1.51. The summed E-state index contributed by atoms with van der Waals surface area (Å²) in [6, 6.07) is 12.1. The molecule has 0 saturated carbocycles. The van der Waals surface area contributed by atoms with Crippen molar-refractivity contribution in [1.29, 1.82) is 0 Å². The molecule has 0 aliphatic carbocycles. The summed E-state index contributed by atoms with van der Waals surface area (Å²) in [7, 11) is 0. The van der Waals surface area contributed by atoms with Gasteiger partial charge in [0.05, 0.1) is 5.52 Å². The molecule has 2 aromatic rings. The number of pyridine rings is 1. The van der Waals surface area contributed by atoms with Crippen molar-refractivity contribution in [3.63, 3.8) is 0 Å². The van der Waals surface area contributed by atoms with Crippen molar-refractivity contribution in [3.05, 3.63) is 42.6 Å². The van der Waals surface area contributed by atoms with Crippen LogP contribution in [-0.4, -0.2) is 34.5 Å². The normalized spacial score (nSPS) is 9.09. The van der Waals surface area contributed by atoms with Crippen LogP contribution in [0.3, 0.4) is 0 Å². The Hall–Kier alpha value is -0.370. The van der Waals surface area contributed by atoms with Gasteiger partial charge in [-0.1, -0.05) is 24.3 Å². The van der Waals surface area contributed by atoms with Crippen LogP contribution in [0.4, 0.5) is 0 Å². The summed E-state index contributed by atoms with van der Waals surface area (Å²) in [4.78, 5) is 4.18. The maximum atomic E-state index is 4.18. The zero-order chi connectivity index (χ0) is 6.81. The van der Waals surface area contributed by atoms with Crippen molar-refractivity contribution in [2.45, 2.75) is 0 Å². The van der Waals surface area contributed by atoms with Gasteiger partial charge in [0.1, 0.15) is 0 Å². The summed E-state index contributed by atoms with van der Waals surface area (Å²) in [5, 5.41) is 1.20. The molecule has 0 fully saturated rings. The molecule has 0 atom stereocenters. The number of hydrogen-bond donors (Lipinski definition) is 0. The maximum Gasteiger partial charge on any atom is 0.0701 e. The monoisotopic (exact) mass is 154 g/mol. The van der Waals surface area contributed by atoms with E-state index < -0.39 is 0 Å². The molecule has 1 aromatic carbocycles. The van der Waals surface area contributed by atoms with E-state index in [9.17, 15) is 0 Å². The molecule has 1 aromatic heterocycles. The molecular formula is C9H9NNa+. The van der Waals surface area contributed by atoms with E-state index in [0.29, 0.717) is 0 Å². The van der Waals surface area contributed by atoms with Gasteiger partial charge in [0, 0.05) is 11.6 Å². The van der Waals surface area contributed by atoms with E-state index in [1.165, 1.54) is 5.39 Å². The van der Waals surface area contributed by atoms with Crippen LogP contribution in [0.25, 0.3) is 10.9 Å². The van der Waals surface area contributed by atoms with Gasteiger partial charge in [0.15, 0.2) is 0 Å². The average Bonchev–Trinajstić information content (AvgIpc) is 2.05. The van der Waals surface area contributed by atoms with Crippen LogP contribution in [0, 0.1) is 0 Å². The van der Waals surface area contributed by atoms with Gasteiger partial charge in [0.25, 0.3) is 0 Å². The van der Waals surface area contributed by atoms with Crippen LogP contribution in [0.15, 0.2) is 42.6 Å². The van der Waals surface area contributed by atoms with Crippen LogP contribution in [0.2, 0.25) is 0 Å². The zero-order valence-electron chi connectivity index (χ0n) is 6.49. The molecule has 2 heteroatoms. The Balaban J connectivity index is 0.000000605. The third-order valence-electron chi connectivity index (χ3n) is 1.51. The Bertz CT molecular complexity index is 286. The molecule has 2 rings (SSSR count). The van der Waals surface area contributed by atoms with E-state index in [0.717, 1.165) is 5.52 Å². The molecule has 0 spiro atoms.